The van der Waals surface area contributed by atoms with E-state index in [0.717, 1.165) is 6.54 Å². The average molecular weight is 196 g/mol. The van der Waals surface area contributed by atoms with Gasteiger partial charge < -0.3 is 5.73 Å². The van der Waals surface area contributed by atoms with Crippen LogP contribution in [0, 0.1) is 6.92 Å². The molecule has 80 valence electrons. The Balaban J connectivity index is 2.94. The lowest BCUT2D eigenvalue weighted by atomic mass is 10.1. The van der Waals surface area contributed by atoms with Crippen LogP contribution in [-0.2, 0) is 7.05 Å². The van der Waals surface area contributed by atoms with Gasteiger partial charge in [0.05, 0.1) is 12.2 Å². The summed E-state index contributed by atoms with van der Waals surface area (Å²) in [7, 11) is 4.04. The Kier molecular flexibility index (Phi) is 3.66. The molecular weight excluding hydrogens is 176 g/mol. The highest BCUT2D eigenvalue weighted by Crippen LogP contribution is 2.20. The van der Waals surface area contributed by atoms with Crippen LogP contribution in [0.25, 0.3) is 0 Å². The fourth-order valence-corrected chi connectivity index (χ4v) is 1.61. The van der Waals surface area contributed by atoms with Gasteiger partial charge in [-0.3, -0.25) is 9.58 Å². The molecule has 0 aliphatic rings. The number of likely N-dealkylation sites (N-methyl/N-ethyl adjacent to an activating group) is 1. The van der Waals surface area contributed by atoms with Crippen LogP contribution in [0.15, 0.2) is 6.20 Å². The van der Waals surface area contributed by atoms with E-state index in [1.807, 2.05) is 17.9 Å². The van der Waals surface area contributed by atoms with Gasteiger partial charge in [0.1, 0.15) is 0 Å². The predicted molar refractivity (Wildman–Crippen MR) is 58.0 cm³/mol. The van der Waals surface area contributed by atoms with Gasteiger partial charge in [-0.2, -0.15) is 5.10 Å². The molecule has 1 atom stereocenters. The van der Waals surface area contributed by atoms with Crippen LogP contribution >= 0.6 is 0 Å². The molecule has 0 aromatic carbocycles. The summed E-state index contributed by atoms with van der Waals surface area (Å²) in [5, 5.41) is 4.24. The molecule has 0 saturated heterocycles. The van der Waals surface area contributed by atoms with Crippen molar-refractivity contribution in [3.63, 3.8) is 0 Å². The van der Waals surface area contributed by atoms with Crippen molar-refractivity contribution in [1.29, 1.82) is 0 Å². The Morgan fingerprint density at radius 3 is 2.64 bits per heavy atom. The third kappa shape index (κ3) is 1.96. The van der Waals surface area contributed by atoms with E-state index in [1.54, 1.807) is 0 Å². The van der Waals surface area contributed by atoms with Crippen molar-refractivity contribution >= 4 is 0 Å². The first-order chi connectivity index (χ1) is 6.61. The number of nitrogens with two attached hydrogens (primary N) is 1. The fraction of sp³-hybridized carbons (Fsp3) is 0.700. The van der Waals surface area contributed by atoms with E-state index >= 15 is 0 Å². The van der Waals surface area contributed by atoms with Crippen molar-refractivity contribution in [2.75, 3.05) is 20.1 Å². The van der Waals surface area contributed by atoms with E-state index in [2.05, 4.69) is 30.9 Å². The minimum absolute atomic E-state index is 0.286. The highest BCUT2D eigenvalue weighted by molar-refractivity contribution is 5.20. The Morgan fingerprint density at radius 1 is 1.64 bits per heavy atom. The maximum atomic E-state index is 5.78. The van der Waals surface area contributed by atoms with Crippen LogP contribution in [0.3, 0.4) is 0 Å². The molecule has 0 amide bonds. The molecule has 0 bridgehead atoms. The van der Waals surface area contributed by atoms with Gasteiger partial charge in [0, 0.05) is 24.8 Å². The maximum Gasteiger partial charge on any atom is 0.0540 e. The number of aromatic nitrogens is 2. The molecule has 2 N–H and O–H groups in total. The van der Waals surface area contributed by atoms with E-state index in [9.17, 15) is 0 Å². The minimum Gasteiger partial charge on any atom is -0.329 e. The number of rotatable bonds is 4. The Bertz CT molecular complexity index is 292. The van der Waals surface area contributed by atoms with Crippen molar-refractivity contribution in [2.45, 2.75) is 19.9 Å². The Labute approximate surface area is 85.7 Å². The summed E-state index contributed by atoms with van der Waals surface area (Å²) in [4.78, 5) is 2.24. The summed E-state index contributed by atoms with van der Waals surface area (Å²) in [6.07, 6.45) is 1.92. The lowest BCUT2D eigenvalue weighted by Gasteiger charge is -2.25. The smallest absolute Gasteiger partial charge is 0.0540 e. The lowest BCUT2D eigenvalue weighted by molar-refractivity contribution is 0.262. The molecule has 4 heteroatoms. The second-order valence-corrected chi connectivity index (χ2v) is 3.63. The zero-order valence-corrected chi connectivity index (χ0v) is 9.49. The number of aryl methyl sites for hydroxylation is 1. The van der Waals surface area contributed by atoms with E-state index in [1.165, 1.54) is 11.3 Å². The summed E-state index contributed by atoms with van der Waals surface area (Å²) >= 11 is 0. The van der Waals surface area contributed by atoms with Gasteiger partial charge in [-0.1, -0.05) is 6.92 Å². The molecule has 0 fully saturated rings. The van der Waals surface area contributed by atoms with Crippen LogP contribution in [0.1, 0.15) is 24.2 Å². The molecule has 1 unspecified atom stereocenters. The van der Waals surface area contributed by atoms with E-state index in [-0.39, 0.29) is 6.04 Å². The largest absolute Gasteiger partial charge is 0.329 e. The third-order valence-electron chi connectivity index (χ3n) is 2.89. The summed E-state index contributed by atoms with van der Waals surface area (Å²) < 4.78 is 1.89. The normalized spacial score (nSPS) is 13.6. The van der Waals surface area contributed by atoms with Crippen molar-refractivity contribution in [3.05, 3.63) is 17.5 Å². The monoisotopic (exact) mass is 196 g/mol. The molecule has 4 nitrogen and oxygen atoms in total. The van der Waals surface area contributed by atoms with E-state index in [0.29, 0.717) is 6.54 Å². The molecule has 1 aromatic rings. The zero-order valence-electron chi connectivity index (χ0n) is 9.49. The standard InChI is InChI=1S/C10H20N4/c1-5-13(3)10(6-11)9-7-12-14(4)8(9)2/h7,10H,5-6,11H2,1-4H3. The van der Waals surface area contributed by atoms with E-state index in [4.69, 9.17) is 5.73 Å². The molecule has 14 heavy (non-hydrogen) atoms. The second-order valence-electron chi connectivity index (χ2n) is 3.63. The molecule has 0 spiro atoms. The minimum atomic E-state index is 0.286. The predicted octanol–water partition coefficient (Wildman–Crippen LogP) is 0.680. The highest BCUT2D eigenvalue weighted by atomic mass is 15.3. The van der Waals surface area contributed by atoms with Gasteiger partial charge in [-0.15, -0.1) is 0 Å². The molecule has 0 aliphatic carbocycles. The first kappa shape index (κ1) is 11.2. The maximum absolute atomic E-state index is 5.78. The van der Waals surface area contributed by atoms with Crippen molar-refractivity contribution in [1.82, 2.24) is 14.7 Å². The highest BCUT2D eigenvalue weighted by Gasteiger charge is 2.18. The molecule has 0 radical (unpaired) electrons. The molecular formula is C10H20N4. The van der Waals surface area contributed by atoms with E-state index < -0.39 is 0 Å². The molecule has 1 aromatic heterocycles. The first-order valence-electron chi connectivity index (χ1n) is 5.00. The number of nitrogens with zero attached hydrogens (tertiary/aromatic N) is 3. The van der Waals surface area contributed by atoms with Gasteiger partial charge >= 0.3 is 0 Å². The SMILES string of the molecule is CCN(C)C(CN)c1cnn(C)c1C. The van der Waals surface area contributed by atoms with Crippen LogP contribution in [0.2, 0.25) is 0 Å². The molecule has 0 aliphatic heterocycles. The van der Waals surface area contributed by atoms with Crippen molar-refractivity contribution in [3.8, 4) is 0 Å². The second kappa shape index (κ2) is 4.57. The van der Waals surface area contributed by atoms with Crippen LogP contribution in [0.4, 0.5) is 0 Å². The molecule has 0 saturated carbocycles. The first-order valence-corrected chi connectivity index (χ1v) is 5.00. The lowest BCUT2D eigenvalue weighted by Crippen LogP contribution is -2.30. The third-order valence-corrected chi connectivity index (χ3v) is 2.89. The van der Waals surface area contributed by atoms with Crippen LogP contribution in [0.5, 0.6) is 0 Å². The van der Waals surface area contributed by atoms with Crippen molar-refractivity contribution in [2.24, 2.45) is 12.8 Å². The summed E-state index contributed by atoms with van der Waals surface area (Å²) in [6.45, 7) is 5.84. The molecule has 1 heterocycles. The van der Waals surface area contributed by atoms with Crippen LogP contribution < -0.4 is 5.73 Å². The zero-order chi connectivity index (χ0) is 10.7. The summed E-state index contributed by atoms with van der Waals surface area (Å²) in [6, 6.07) is 0.286. The number of hydrogen-bond donors (Lipinski definition) is 1. The fourth-order valence-electron chi connectivity index (χ4n) is 1.61. The van der Waals surface area contributed by atoms with Gasteiger partial charge in [0.2, 0.25) is 0 Å². The van der Waals surface area contributed by atoms with Gasteiger partial charge in [0.25, 0.3) is 0 Å². The van der Waals surface area contributed by atoms with Crippen LogP contribution in [-0.4, -0.2) is 34.8 Å². The van der Waals surface area contributed by atoms with Crippen molar-refractivity contribution < 1.29 is 0 Å². The molecule has 1 rings (SSSR count). The average Bonchev–Trinajstić information content (AvgIpc) is 2.50. The van der Waals surface area contributed by atoms with Gasteiger partial charge in [-0.25, -0.2) is 0 Å². The Morgan fingerprint density at radius 2 is 2.29 bits per heavy atom. The Hall–Kier alpha value is -0.870. The van der Waals surface area contributed by atoms with Gasteiger partial charge in [-0.05, 0) is 20.5 Å². The summed E-state index contributed by atoms with van der Waals surface area (Å²) in [5.74, 6) is 0. The summed E-state index contributed by atoms with van der Waals surface area (Å²) in [5.41, 5.74) is 8.21. The topological polar surface area (TPSA) is 47.1 Å². The quantitative estimate of drug-likeness (QED) is 0.770. The van der Waals surface area contributed by atoms with Gasteiger partial charge in [0.15, 0.2) is 0 Å². The number of hydrogen-bond acceptors (Lipinski definition) is 3.